The van der Waals surface area contributed by atoms with E-state index in [1.165, 1.54) is 0 Å². The summed E-state index contributed by atoms with van der Waals surface area (Å²) in [6, 6.07) is 11.2. The summed E-state index contributed by atoms with van der Waals surface area (Å²) in [7, 11) is 1.66. The van der Waals surface area contributed by atoms with Crippen LogP contribution in [0.2, 0.25) is 0 Å². The maximum Gasteiger partial charge on any atom is 0.250 e. The molecule has 0 N–H and O–H groups in total. The molecule has 2 bridgehead atoms. The normalized spacial score (nSPS) is 22.3. The third kappa shape index (κ3) is 3.00. The predicted molar refractivity (Wildman–Crippen MR) is 95.2 cm³/mol. The van der Waals surface area contributed by atoms with Gasteiger partial charge in [-0.05, 0) is 36.6 Å². The zero-order valence-corrected chi connectivity index (χ0v) is 14.4. The number of rotatable bonds is 4. The molecule has 3 heterocycles. The molecule has 25 heavy (non-hydrogen) atoms. The lowest BCUT2D eigenvalue weighted by atomic mass is 9.83. The Morgan fingerprint density at radius 1 is 1.20 bits per heavy atom. The zero-order chi connectivity index (χ0) is 17.4. The van der Waals surface area contributed by atoms with Crippen LogP contribution < -0.4 is 10.3 Å². The van der Waals surface area contributed by atoms with Crippen LogP contribution in [-0.2, 0) is 13.1 Å². The quantitative estimate of drug-likeness (QED) is 0.803. The van der Waals surface area contributed by atoms with E-state index in [4.69, 9.17) is 4.74 Å². The molecular weight excluding hydrogens is 316 g/mol. The molecule has 2 aliphatic rings. The Kier molecular flexibility index (Phi) is 4.17. The first kappa shape index (κ1) is 16.1. The predicted octanol–water partition coefficient (Wildman–Crippen LogP) is 2.29. The molecule has 5 nitrogen and oxygen atoms in total. The summed E-state index contributed by atoms with van der Waals surface area (Å²) in [5, 5.41) is 0. The van der Waals surface area contributed by atoms with Gasteiger partial charge in [-0.25, -0.2) is 0 Å². The third-order valence-electron chi connectivity index (χ3n) is 5.39. The molecule has 5 heteroatoms. The van der Waals surface area contributed by atoms with Gasteiger partial charge in [-0.1, -0.05) is 6.07 Å². The number of hydrogen-bond acceptors (Lipinski definition) is 4. The number of hydrogen-bond donors (Lipinski definition) is 0. The van der Waals surface area contributed by atoms with Gasteiger partial charge < -0.3 is 9.30 Å². The molecule has 1 aromatic carbocycles. The van der Waals surface area contributed by atoms with Crippen molar-refractivity contribution in [3.63, 3.8) is 0 Å². The first-order valence-electron chi connectivity index (χ1n) is 8.72. The van der Waals surface area contributed by atoms with Gasteiger partial charge in [0.1, 0.15) is 12.0 Å². The van der Waals surface area contributed by atoms with E-state index in [9.17, 15) is 9.59 Å². The van der Waals surface area contributed by atoms with Gasteiger partial charge in [0.25, 0.3) is 5.56 Å². The molecule has 1 saturated heterocycles. The fourth-order valence-corrected chi connectivity index (χ4v) is 4.36. The van der Waals surface area contributed by atoms with Gasteiger partial charge in [-0.3, -0.25) is 14.5 Å². The van der Waals surface area contributed by atoms with Crippen molar-refractivity contribution in [1.29, 1.82) is 0 Å². The highest BCUT2D eigenvalue weighted by Crippen LogP contribution is 2.36. The summed E-state index contributed by atoms with van der Waals surface area (Å²) in [5.41, 5.74) is 2.98. The summed E-state index contributed by atoms with van der Waals surface area (Å²) >= 11 is 0. The highest BCUT2D eigenvalue weighted by atomic mass is 16.5. The van der Waals surface area contributed by atoms with E-state index in [-0.39, 0.29) is 5.56 Å². The number of methoxy groups -OCH3 is 1. The Balaban J connectivity index is 1.59. The largest absolute Gasteiger partial charge is 0.496 e. The molecule has 2 aromatic rings. The van der Waals surface area contributed by atoms with Crippen molar-refractivity contribution in [3.05, 3.63) is 63.6 Å². The number of carbonyl (C=O) groups is 1. The second-order valence-corrected chi connectivity index (χ2v) is 7.08. The minimum Gasteiger partial charge on any atom is -0.496 e. The third-order valence-corrected chi connectivity index (χ3v) is 5.39. The van der Waals surface area contributed by atoms with Crippen molar-refractivity contribution < 1.29 is 9.53 Å². The van der Waals surface area contributed by atoms with Crippen LogP contribution in [0.4, 0.5) is 0 Å². The van der Waals surface area contributed by atoms with Crippen LogP contribution in [0.15, 0.2) is 41.2 Å². The molecule has 4 rings (SSSR count). The number of nitrogens with zero attached hydrogens (tertiary/aromatic N) is 2. The lowest BCUT2D eigenvalue weighted by Gasteiger charge is -2.42. The Labute approximate surface area is 146 Å². The van der Waals surface area contributed by atoms with Crippen LogP contribution in [0.1, 0.15) is 34.0 Å². The standard InChI is InChI=1S/C20H22N2O3/c1-25-19-6-5-14(13-23)7-17(19)12-21-9-15-8-16(11-21)18-3-2-4-20(24)22(18)10-15/h2-7,13,15-16H,8-12H2,1H3/t15-,16+/m1/s1. The van der Waals surface area contributed by atoms with Gasteiger partial charge >= 0.3 is 0 Å². The number of benzene rings is 1. The SMILES string of the molecule is COc1ccc(C=O)cc1CN1C[C@H]2C[C@@H](C1)c1cccc(=O)n1C2. The van der Waals surface area contributed by atoms with E-state index in [1.54, 1.807) is 19.2 Å². The van der Waals surface area contributed by atoms with E-state index in [2.05, 4.69) is 11.0 Å². The number of ether oxygens (including phenoxy) is 1. The molecule has 1 aromatic heterocycles. The van der Waals surface area contributed by atoms with Gasteiger partial charge in [-0.15, -0.1) is 0 Å². The summed E-state index contributed by atoms with van der Waals surface area (Å²) in [6.07, 6.45) is 2.02. The van der Waals surface area contributed by atoms with Gasteiger partial charge in [0.2, 0.25) is 0 Å². The molecule has 2 aliphatic heterocycles. The van der Waals surface area contributed by atoms with E-state index >= 15 is 0 Å². The van der Waals surface area contributed by atoms with E-state index in [0.29, 0.717) is 17.4 Å². The Hall–Kier alpha value is -2.40. The second-order valence-electron chi connectivity index (χ2n) is 7.08. The number of piperidine rings is 1. The number of aromatic nitrogens is 1. The minimum absolute atomic E-state index is 0.112. The first-order valence-corrected chi connectivity index (χ1v) is 8.72. The van der Waals surface area contributed by atoms with Crippen LogP contribution in [0.3, 0.4) is 0 Å². The van der Waals surface area contributed by atoms with Crippen molar-refractivity contribution in [3.8, 4) is 5.75 Å². The average molecular weight is 338 g/mol. The van der Waals surface area contributed by atoms with Crippen LogP contribution in [0.25, 0.3) is 0 Å². The van der Waals surface area contributed by atoms with Gasteiger partial charge in [0, 0.05) is 55.0 Å². The lowest BCUT2D eigenvalue weighted by Crippen LogP contribution is -2.46. The van der Waals surface area contributed by atoms with Crippen LogP contribution in [0.5, 0.6) is 5.75 Å². The molecule has 130 valence electrons. The van der Waals surface area contributed by atoms with E-state index in [1.807, 2.05) is 22.8 Å². The molecule has 0 spiro atoms. The van der Waals surface area contributed by atoms with Gasteiger partial charge in [0.05, 0.1) is 7.11 Å². The van der Waals surface area contributed by atoms with E-state index < -0.39 is 0 Å². The van der Waals surface area contributed by atoms with Gasteiger partial charge in [-0.2, -0.15) is 0 Å². The fraction of sp³-hybridized carbons (Fsp3) is 0.400. The number of aldehydes is 1. The average Bonchev–Trinajstić information content (AvgIpc) is 2.62. The Bertz CT molecular complexity index is 858. The monoisotopic (exact) mass is 338 g/mol. The topological polar surface area (TPSA) is 51.5 Å². The molecule has 1 fully saturated rings. The molecule has 0 amide bonds. The van der Waals surface area contributed by atoms with Crippen molar-refractivity contribution in [2.75, 3.05) is 20.2 Å². The Morgan fingerprint density at radius 2 is 2.08 bits per heavy atom. The lowest BCUT2D eigenvalue weighted by molar-refractivity contribution is 0.111. The van der Waals surface area contributed by atoms with Crippen molar-refractivity contribution in [2.24, 2.45) is 5.92 Å². The van der Waals surface area contributed by atoms with Crippen LogP contribution >= 0.6 is 0 Å². The van der Waals surface area contributed by atoms with Crippen molar-refractivity contribution >= 4 is 6.29 Å². The minimum atomic E-state index is 0.112. The molecule has 0 unspecified atom stereocenters. The molecule has 0 saturated carbocycles. The molecule has 0 aliphatic carbocycles. The molecule has 0 radical (unpaired) electrons. The molecular formula is C20H22N2O3. The highest BCUT2D eigenvalue weighted by Gasteiger charge is 2.34. The van der Waals surface area contributed by atoms with Crippen molar-refractivity contribution in [2.45, 2.75) is 25.4 Å². The Morgan fingerprint density at radius 3 is 2.88 bits per heavy atom. The number of pyridine rings is 1. The summed E-state index contributed by atoms with van der Waals surface area (Å²) in [6.45, 7) is 3.45. The van der Waals surface area contributed by atoms with Gasteiger partial charge in [0.15, 0.2) is 0 Å². The number of fused-ring (bicyclic) bond motifs is 4. The van der Waals surface area contributed by atoms with Crippen molar-refractivity contribution in [1.82, 2.24) is 9.47 Å². The maximum absolute atomic E-state index is 12.1. The highest BCUT2D eigenvalue weighted by molar-refractivity contribution is 5.75. The second kappa shape index (κ2) is 6.48. The first-order chi connectivity index (χ1) is 12.2. The van der Waals surface area contributed by atoms with Crippen LogP contribution in [-0.4, -0.2) is 36.0 Å². The fourth-order valence-electron chi connectivity index (χ4n) is 4.36. The zero-order valence-electron chi connectivity index (χ0n) is 14.4. The number of likely N-dealkylation sites (tertiary alicyclic amines) is 1. The van der Waals surface area contributed by atoms with E-state index in [0.717, 1.165) is 55.9 Å². The number of carbonyl (C=O) groups excluding carboxylic acids is 1. The maximum atomic E-state index is 12.1. The summed E-state index contributed by atoms with van der Waals surface area (Å²) in [5.74, 6) is 1.70. The molecule has 2 atom stereocenters. The van der Waals surface area contributed by atoms with Crippen LogP contribution in [0, 0.1) is 5.92 Å². The summed E-state index contributed by atoms with van der Waals surface area (Å²) < 4.78 is 7.41. The summed E-state index contributed by atoms with van der Waals surface area (Å²) in [4.78, 5) is 25.6. The smallest absolute Gasteiger partial charge is 0.250 e.